The summed E-state index contributed by atoms with van der Waals surface area (Å²) in [4.78, 5) is 10.4. The van der Waals surface area contributed by atoms with Crippen molar-refractivity contribution in [2.75, 3.05) is 14.2 Å². The molecule has 10 heteroatoms. The normalized spacial score (nSPS) is 11.2. The van der Waals surface area contributed by atoms with Gasteiger partial charge in [0.15, 0.2) is 0 Å². The van der Waals surface area contributed by atoms with Crippen LogP contribution < -0.4 is 14.2 Å². The Hall–Kier alpha value is -3.14. The first kappa shape index (κ1) is 22.5. The summed E-state index contributed by atoms with van der Waals surface area (Å²) >= 11 is 5.92. The molecule has 3 aromatic rings. The Morgan fingerprint density at radius 3 is 2.32 bits per heavy atom. The number of nitrogens with one attached hydrogen (secondary N) is 1. The fourth-order valence-electron chi connectivity index (χ4n) is 2.96. The molecule has 0 unspecified atom stereocenters. The summed E-state index contributed by atoms with van der Waals surface area (Å²) in [6.07, 6.45) is 0. The van der Waals surface area contributed by atoms with Gasteiger partial charge < -0.3 is 9.47 Å². The molecule has 0 aliphatic heterocycles. The minimum Gasteiger partial charge on any atom is -0.497 e. The molecule has 0 aliphatic carbocycles. The Bertz CT molecular complexity index is 1210. The number of sulfonamides is 1. The van der Waals surface area contributed by atoms with E-state index >= 15 is 0 Å². The highest BCUT2D eigenvalue weighted by atomic mass is 35.5. The lowest BCUT2D eigenvalue weighted by atomic mass is 10.1. The van der Waals surface area contributed by atoms with Crippen LogP contribution in [0.1, 0.15) is 5.56 Å². The lowest BCUT2D eigenvalue weighted by Crippen LogP contribution is -2.24. The van der Waals surface area contributed by atoms with Crippen LogP contribution in [0.4, 0.5) is 5.69 Å². The molecular weight excluding hydrogens is 444 g/mol. The van der Waals surface area contributed by atoms with Crippen LogP contribution in [0.3, 0.4) is 0 Å². The average molecular weight is 463 g/mol. The van der Waals surface area contributed by atoms with Crippen molar-refractivity contribution in [1.29, 1.82) is 0 Å². The third kappa shape index (κ3) is 5.13. The number of nitrogens with zero attached hydrogens (tertiary/aromatic N) is 1. The highest BCUT2D eigenvalue weighted by molar-refractivity contribution is 7.89. The second kappa shape index (κ2) is 9.34. The van der Waals surface area contributed by atoms with Gasteiger partial charge in [-0.05, 0) is 29.8 Å². The monoisotopic (exact) mass is 462 g/mol. The maximum atomic E-state index is 13.1. The fraction of sp³-hybridized carbons (Fsp3) is 0.143. The summed E-state index contributed by atoms with van der Waals surface area (Å²) in [7, 11) is -1.14. The third-order valence-corrected chi connectivity index (χ3v) is 6.26. The summed E-state index contributed by atoms with van der Waals surface area (Å²) in [6, 6.07) is 15.2. The number of hydrogen-bond acceptors (Lipinski definition) is 6. The Morgan fingerprint density at radius 2 is 1.71 bits per heavy atom. The SMILES string of the molecule is COc1ccc(CNS(=O)(=O)c2cc([N+](=O)[O-])ccc2-c2ccc(Cl)cc2)c(OC)c1. The van der Waals surface area contributed by atoms with Gasteiger partial charge in [0.1, 0.15) is 11.5 Å². The predicted molar refractivity (Wildman–Crippen MR) is 117 cm³/mol. The molecule has 3 rings (SSSR count). The van der Waals surface area contributed by atoms with E-state index in [0.717, 1.165) is 6.07 Å². The van der Waals surface area contributed by atoms with Crippen LogP contribution in [0.25, 0.3) is 11.1 Å². The summed E-state index contributed by atoms with van der Waals surface area (Å²) in [5.41, 5.74) is 1.11. The maximum absolute atomic E-state index is 13.1. The van der Waals surface area contributed by atoms with Gasteiger partial charge in [0.2, 0.25) is 10.0 Å². The zero-order valence-electron chi connectivity index (χ0n) is 16.7. The van der Waals surface area contributed by atoms with E-state index in [2.05, 4.69) is 4.72 Å². The first-order valence-corrected chi connectivity index (χ1v) is 10.9. The van der Waals surface area contributed by atoms with E-state index in [9.17, 15) is 18.5 Å². The standard InChI is InChI=1S/C21H19ClN2O6S/c1-29-18-9-5-15(20(12-18)30-2)13-23-31(27,28)21-11-17(24(25)26)8-10-19(21)14-3-6-16(22)7-4-14/h3-12,23H,13H2,1-2H3. The van der Waals surface area contributed by atoms with Crippen LogP contribution in [0.2, 0.25) is 5.02 Å². The molecule has 0 fully saturated rings. The summed E-state index contributed by atoms with van der Waals surface area (Å²) in [5, 5.41) is 11.7. The number of methoxy groups -OCH3 is 2. The number of rotatable bonds is 8. The quantitative estimate of drug-likeness (QED) is 0.392. The lowest BCUT2D eigenvalue weighted by Gasteiger charge is -2.14. The number of hydrogen-bond donors (Lipinski definition) is 1. The Kier molecular flexibility index (Phi) is 6.79. The molecular formula is C21H19ClN2O6S. The van der Waals surface area contributed by atoms with Gasteiger partial charge in [0, 0.05) is 40.9 Å². The van der Waals surface area contributed by atoms with Crippen LogP contribution in [0.15, 0.2) is 65.6 Å². The predicted octanol–water partition coefficient (Wildman–Crippen LogP) is 4.41. The van der Waals surface area contributed by atoms with Crippen LogP contribution >= 0.6 is 11.6 Å². The molecule has 0 atom stereocenters. The van der Waals surface area contributed by atoms with Crippen LogP contribution in [0, 0.1) is 10.1 Å². The average Bonchev–Trinajstić information content (AvgIpc) is 2.77. The van der Waals surface area contributed by atoms with E-state index in [1.54, 1.807) is 42.5 Å². The van der Waals surface area contributed by atoms with Gasteiger partial charge in [-0.15, -0.1) is 0 Å². The van der Waals surface area contributed by atoms with Crippen LogP contribution in [0.5, 0.6) is 11.5 Å². The zero-order valence-corrected chi connectivity index (χ0v) is 18.2. The molecule has 0 amide bonds. The van der Waals surface area contributed by atoms with Crippen molar-refractivity contribution in [2.24, 2.45) is 0 Å². The molecule has 1 N–H and O–H groups in total. The van der Waals surface area contributed by atoms with Crippen molar-refractivity contribution < 1.29 is 22.8 Å². The van der Waals surface area contributed by atoms with Gasteiger partial charge in [-0.25, -0.2) is 13.1 Å². The molecule has 0 aliphatic rings. The number of nitro groups is 1. The zero-order chi connectivity index (χ0) is 22.6. The van der Waals surface area contributed by atoms with Gasteiger partial charge in [0.25, 0.3) is 5.69 Å². The second-order valence-corrected chi connectivity index (χ2v) is 8.62. The van der Waals surface area contributed by atoms with Gasteiger partial charge >= 0.3 is 0 Å². The van der Waals surface area contributed by atoms with Gasteiger partial charge in [-0.3, -0.25) is 10.1 Å². The number of halogens is 1. The summed E-state index contributed by atoms with van der Waals surface area (Å²) in [6.45, 7) is -0.0851. The highest BCUT2D eigenvalue weighted by Crippen LogP contribution is 2.32. The number of nitro benzene ring substituents is 1. The largest absolute Gasteiger partial charge is 0.497 e. The molecule has 0 saturated carbocycles. The van der Waals surface area contributed by atoms with E-state index in [-0.39, 0.29) is 17.1 Å². The molecule has 3 aromatic carbocycles. The molecule has 0 aromatic heterocycles. The van der Waals surface area contributed by atoms with E-state index in [0.29, 0.717) is 33.2 Å². The topological polar surface area (TPSA) is 108 Å². The second-order valence-electron chi connectivity index (χ2n) is 6.45. The maximum Gasteiger partial charge on any atom is 0.270 e. The van der Waals surface area contributed by atoms with E-state index in [1.165, 1.54) is 26.4 Å². The van der Waals surface area contributed by atoms with Crippen molar-refractivity contribution in [2.45, 2.75) is 11.4 Å². The van der Waals surface area contributed by atoms with Crippen LogP contribution in [-0.4, -0.2) is 27.6 Å². The molecule has 0 radical (unpaired) electrons. The smallest absolute Gasteiger partial charge is 0.270 e. The lowest BCUT2D eigenvalue weighted by molar-refractivity contribution is -0.385. The Labute approximate surface area is 184 Å². The van der Waals surface area contributed by atoms with Gasteiger partial charge in [-0.1, -0.05) is 29.8 Å². The first-order valence-electron chi connectivity index (χ1n) is 9.00. The molecule has 0 saturated heterocycles. The summed E-state index contributed by atoms with van der Waals surface area (Å²) < 4.78 is 39.2. The first-order chi connectivity index (χ1) is 14.7. The Balaban J connectivity index is 2.00. The molecule has 0 bridgehead atoms. The minimum absolute atomic E-state index is 0.0851. The molecule has 31 heavy (non-hydrogen) atoms. The number of benzene rings is 3. The number of ether oxygens (including phenoxy) is 2. The highest BCUT2D eigenvalue weighted by Gasteiger charge is 2.23. The van der Waals surface area contributed by atoms with Crippen molar-refractivity contribution in [3.63, 3.8) is 0 Å². The van der Waals surface area contributed by atoms with Crippen molar-refractivity contribution in [3.8, 4) is 22.6 Å². The minimum atomic E-state index is -4.12. The summed E-state index contributed by atoms with van der Waals surface area (Å²) in [5.74, 6) is 1.01. The molecule has 8 nitrogen and oxygen atoms in total. The van der Waals surface area contributed by atoms with Gasteiger partial charge in [0.05, 0.1) is 24.0 Å². The fourth-order valence-corrected chi connectivity index (χ4v) is 4.34. The molecule has 0 heterocycles. The van der Waals surface area contributed by atoms with Gasteiger partial charge in [-0.2, -0.15) is 0 Å². The van der Waals surface area contributed by atoms with Crippen molar-refractivity contribution in [1.82, 2.24) is 4.72 Å². The Morgan fingerprint density at radius 1 is 1.00 bits per heavy atom. The molecule has 162 valence electrons. The van der Waals surface area contributed by atoms with Crippen LogP contribution in [-0.2, 0) is 16.6 Å². The van der Waals surface area contributed by atoms with E-state index in [1.807, 2.05) is 0 Å². The van der Waals surface area contributed by atoms with Crippen molar-refractivity contribution in [3.05, 3.63) is 81.4 Å². The third-order valence-electron chi connectivity index (χ3n) is 4.57. The molecule has 0 spiro atoms. The number of non-ortho nitro benzene ring substituents is 1. The van der Waals surface area contributed by atoms with Crippen molar-refractivity contribution >= 4 is 27.3 Å². The van der Waals surface area contributed by atoms with E-state index in [4.69, 9.17) is 21.1 Å². The van der Waals surface area contributed by atoms with E-state index < -0.39 is 14.9 Å².